The molecule has 1 fully saturated rings. The zero-order valence-corrected chi connectivity index (χ0v) is 8.85. The van der Waals surface area contributed by atoms with E-state index in [0.29, 0.717) is 0 Å². The van der Waals surface area contributed by atoms with Gasteiger partial charge >= 0.3 is 0 Å². The first-order valence-corrected chi connectivity index (χ1v) is 5.76. The predicted octanol–water partition coefficient (Wildman–Crippen LogP) is 3.65. The van der Waals surface area contributed by atoms with Crippen molar-refractivity contribution in [3.63, 3.8) is 0 Å². The average molecular weight is 208 g/mol. The lowest BCUT2D eigenvalue weighted by Crippen LogP contribution is -2.21. The molecule has 14 heavy (non-hydrogen) atoms. The highest BCUT2D eigenvalue weighted by Crippen LogP contribution is 2.46. The van der Waals surface area contributed by atoms with Crippen molar-refractivity contribution in [3.05, 3.63) is 28.8 Å². The predicted molar refractivity (Wildman–Crippen MR) is 60.0 cm³/mol. The van der Waals surface area contributed by atoms with Crippen LogP contribution < -0.4 is 5.32 Å². The number of hydrogen-bond acceptors (Lipinski definition) is 1. The molecule has 0 radical (unpaired) electrons. The molecule has 0 spiro atoms. The summed E-state index contributed by atoms with van der Waals surface area (Å²) in [6.07, 6.45) is 4.22. The van der Waals surface area contributed by atoms with Gasteiger partial charge in [-0.1, -0.05) is 30.2 Å². The van der Waals surface area contributed by atoms with Crippen LogP contribution in [0.4, 0.5) is 5.69 Å². The molecule has 2 aliphatic rings. The third kappa shape index (κ3) is 1.15. The van der Waals surface area contributed by atoms with Gasteiger partial charge in [0.2, 0.25) is 0 Å². The second kappa shape index (κ2) is 3.16. The minimum Gasteiger partial charge on any atom is -0.383 e. The van der Waals surface area contributed by atoms with E-state index in [2.05, 4.69) is 17.4 Å². The van der Waals surface area contributed by atoms with E-state index >= 15 is 0 Å². The van der Waals surface area contributed by atoms with Gasteiger partial charge in [0.1, 0.15) is 0 Å². The van der Waals surface area contributed by atoms with Crippen LogP contribution in [0.3, 0.4) is 0 Å². The Morgan fingerprint density at radius 1 is 1.29 bits per heavy atom. The minimum absolute atomic E-state index is 0.720. The minimum atomic E-state index is 0.720. The van der Waals surface area contributed by atoms with Gasteiger partial charge in [-0.3, -0.25) is 0 Å². The first kappa shape index (κ1) is 8.60. The summed E-state index contributed by atoms with van der Waals surface area (Å²) in [5.41, 5.74) is 2.63. The number of rotatable bonds is 1. The summed E-state index contributed by atoms with van der Waals surface area (Å²) in [6, 6.07) is 6.26. The van der Waals surface area contributed by atoms with Crippen LogP contribution in [-0.4, -0.2) is 6.54 Å². The number of nitrogens with one attached hydrogen (secondary N) is 1. The van der Waals surface area contributed by atoms with Crippen LogP contribution >= 0.6 is 11.6 Å². The number of benzene rings is 1. The van der Waals surface area contributed by atoms with Crippen molar-refractivity contribution in [1.82, 2.24) is 0 Å². The van der Waals surface area contributed by atoms with Crippen molar-refractivity contribution < 1.29 is 0 Å². The topological polar surface area (TPSA) is 12.0 Å². The summed E-state index contributed by atoms with van der Waals surface area (Å²) in [5.74, 6) is 1.62. The van der Waals surface area contributed by atoms with Crippen molar-refractivity contribution >= 4 is 17.3 Å². The van der Waals surface area contributed by atoms with Crippen LogP contribution in [0.25, 0.3) is 0 Å². The lowest BCUT2D eigenvalue weighted by Gasteiger charge is -2.31. The highest BCUT2D eigenvalue weighted by molar-refractivity contribution is 6.33. The smallest absolute Gasteiger partial charge is 0.0640 e. The van der Waals surface area contributed by atoms with E-state index in [1.165, 1.54) is 30.5 Å². The SMILES string of the molecule is Clc1cccc2c1NCC2C1CCC1. The first-order valence-electron chi connectivity index (χ1n) is 5.38. The lowest BCUT2D eigenvalue weighted by molar-refractivity contribution is 0.272. The first-order chi connectivity index (χ1) is 6.86. The summed E-state index contributed by atoms with van der Waals surface area (Å²) < 4.78 is 0. The van der Waals surface area contributed by atoms with Gasteiger partial charge in [0.05, 0.1) is 10.7 Å². The number of fused-ring (bicyclic) bond motifs is 1. The molecule has 0 saturated heterocycles. The van der Waals surface area contributed by atoms with Gasteiger partial charge in [-0.25, -0.2) is 0 Å². The highest BCUT2D eigenvalue weighted by atomic mass is 35.5. The van der Waals surface area contributed by atoms with Crippen molar-refractivity contribution in [2.24, 2.45) is 5.92 Å². The van der Waals surface area contributed by atoms with Crippen molar-refractivity contribution in [2.45, 2.75) is 25.2 Å². The molecule has 1 N–H and O–H groups in total. The number of anilines is 1. The number of halogens is 1. The Balaban J connectivity index is 1.97. The maximum absolute atomic E-state index is 6.14. The molecule has 0 amide bonds. The molecule has 1 nitrogen and oxygen atoms in total. The normalized spacial score (nSPS) is 25.4. The van der Waals surface area contributed by atoms with Gasteiger partial charge in [-0.05, 0) is 30.4 Å². The molecule has 1 heterocycles. The second-order valence-electron chi connectivity index (χ2n) is 4.38. The summed E-state index contributed by atoms with van der Waals surface area (Å²) in [7, 11) is 0. The fraction of sp³-hybridized carbons (Fsp3) is 0.500. The summed E-state index contributed by atoms with van der Waals surface area (Å²) in [5, 5.41) is 4.31. The maximum atomic E-state index is 6.14. The van der Waals surface area contributed by atoms with Crippen LogP contribution in [0.1, 0.15) is 30.7 Å². The Labute approximate surface area is 89.5 Å². The Morgan fingerprint density at radius 3 is 2.86 bits per heavy atom. The number of hydrogen-bond donors (Lipinski definition) is 1. The van der Waals surface area contributed by atoms with Gasteiger partial charge in [0, 0.05) is 12.5 Å². The zero-order valence-electron chi connectivity index (χ0n) is 8.09. The summed E-state index contributed by atoms with van der Waals surface area (Å²) in [6.45, 7) is 1.09. The second-order valence-corrected chi connectivity index (χ2v) is 4.79. The fourth-order valence-electron chi connectivity index (χ4n) is 2.62. The van der Waals surface area contributed by atoms with Gasteiger partial charge in [0.25, 0.3) is 0 Å². The molecule has 1 unspecified atom stereocenters. The molecule has 0 aromatic heterocycles. The van der Waals surface area contributed by atoms with Crippen LogP contribution in [0.15, 0.2) is 18.2 Å². The van der Waals surface area contributed by atoms with E-state index in [1.54, 1.807) is 0 Å². The van der Waals surface area contributed by atoms with E-state index in [0.717, 1.165) is 23.4 Å². The average Bonchev–Trinajstić information content (AvgIpc) is 2.48. The quantitative estimate of drug-likeness (QED) is 0.742. The molecule has 74 valence electrons. The Bertz CT molecular complexity index is 357. The van der Waals surface area contributed by atoms with E-state index in [-0.39, 0.29) is 0 Å². The molecule has 1 atom stereocenters. The standard InChI is InChI=1S/C12H14ClN/c13-11-6-2-5-9-10(7-14-12(9)11)8-3-1-4-8/h2,5-6,8,10,14H,1,3-4,7H2. The van der Waals surface area contributed by atoms with Gasteiger partial charge < -0.3 is 5.32 Å². The molecule has 3 rings (SSSR count). The molecular formula is C12H14ClN. The van der Waals surface area contributed by atoms with Crippen molar-refractivity contribution in [2.75, 3.05) is 11.9 Å². The Kier molecular flexibility index (Phi) is 1.94. The molecule has 1 aliphatic carbocycles. The van der Waals surface area contributed by atoms with Gasteiger partial charge in [-0.15, -0.1) is 0 Å². The van der Waals surface area contributed by atoms with E-state index in [1.807, 2.05) is 6.07 Å². The lowest BCUT2D eigenvalue weighted by atomic mass is 9.74. The third-order valence-corrected chi connectivity index (χ3v) is 3.98. The molecule has 1 saturated carbocycles. The summed E-state index contributed by atoms with van der Waals surface area (Å²) in [4.78, 5) is 0. The van der Waals surface area contributed by atoms with E-state index in [4.69, 9.17) is 11.6 Å². The largest absolute Gasteiger partial charge is 0.383 e. The maximum Gasteiger partial charge on any atom is 0.0640 e. The molecular weight excluding hydrogens is 194 g/mol. The molecule has 0 bridgehead atoms. The third-order valence-electron chi connectivity index (χ3n) is 3.66. The zero-order chi connectivity index (χ0) is 9.54. The van der Waals surface area contributed by atoms with E-state index < -0.39 is 0 Å². The Hall–Kier alpha value is -0.690. The van der Waals surface area contributed by atoms with Crippen LogP contribution in [0.2, 0.25) is 5.02 Å². The number of para-hydroxylation sites is 1. The molecule has 2 heteroatoms. The van der Waals surface area contributed by atoms with Crippen molar-refractivity contribution in [1.29, 1.82) is 0 Å². The molecule has 1 aromatic carbocycles. The monoisotopic (exact) mass is 207 g/mol. The van der Waals surface area contributed by atoms with Crippen molar-refractivity contribution in [3.8, 4) is 0 Å². The summed E-state index contributed by atoms with van der Waals surface area (Å²) >= 11 is 6.14. The highest BCUT2D eigenvalue weighted by Gasteiger charge is 2.33. The molecule has 1 aliphatic heterocycles. The van der Waals surface area contributed by atoms with Crippen LogP contribution in [0.5, 0.6) is 0 Å². The van der Waals surface area contributed by atoms with Crippen LogP contribution in [-0.2, 0) is 0 Å². The van der Waals surface area contributed by atoms with E-state index in [9.17, 15) is 0 Å². The van der Waals surface area contributed by atoms with Gasteiger partial charge in [0.15, 0.2) is 0 Å². The van der Waals surface area contributed by atoms with Crippen LogP contribution in [0, 0.1) is 5.92 Å². The Morgan fingerprint density at radius 2 is 2.14 bits per heavy atom. The molecule has 1 aromatic rings. The fourth-order valence-corrected chi connectivity index (χ4v) is 2.87. The van der Waals surface area contributed by atoms with Gasteiger partial charge in [-0.2, -0.15) is 0 Å².